The first-order valence-electron chi connectivity index (χ1n) is 3.40. The zero-order valence-electron chi connectivity index (χ0n) is 7.01. The second-order valence-corrected chi connectivity index (χ2v) is 2.03. The maximum Gasteiger partial charge on any atom is 0.455 e. The number of halogens is 3. The quantitative estimate of drug-likeness (QED) is 0.227. The number of ether oxygens (including phenoxy) is 1. The normalized spacial score (nSPS) is 10.3. The molecule has 0 heterocycles. The largest absolute Gasteiger partial charge is 0.762 e. The van der Waals surface area contributed by atoms with E-state index in [0.717, 1.165) is 5.87 Å². The first-order chi connectivity index (χ1) is 6.34. The summed E-state index contributed by atoms with van der Waals surface area (Å²) in [4.78, 5) is 21.1. The minimum absolute atomic E-state index is 0.213. The fourth-order valence-corrected chi connectivity index (χ4v) is 0.534. The monoisotopic (exact) mass is 208 g/mol. The average molecular weight is 208 g/mol. The Morgan fingerprint density at radius 1 is 1.43 bits per heavy atom. The summed E-state index contributed by atoms with van der Waals surface area (Å²) in [5, 5.41) is 8.15. The van der Waals surface area contributed by atoms with Crippen LogP contribution in [0.2, 0.25) is 0 Å². The molecule has 4 nitrogen and oxygen atoms in total. The topological polar surface area (TPSA) is 65.7 Å². The third-order valence-corrected chi connectivity index (χ3v) is 1.08. The van der Waals surface area contributed by atoms with Crippen LogP contribution in [0.3, 0.4) is 0 Å². The SMILES string of the molecule is CCOC(=O)C(=C=[N-])C(=O)C(F)(F)F. The standard InChI is InChI=1S/C7H5F3NO3/c1-2-14-6(13)4(3-11)5(12)7(8,9)10/h2H2,1H3/q-1. The Labute approximate surface area is 76.9 Å². The van der Waals surface area contributed by atoms with Crippen molar-refractivity contribution in [2.75, 3.05) is 6.61 Å². The Morgan fingerprint density at radius 2 is 1.93 bits per heavy atom. The molecule has 0 aromatic rings. The van der Waals surface area contributed by atoms with Crippen molar-refractivity contribution in [3.8, 4) is 0 Å². The maximum absolute atomic E-state index is 11.8. The smallest absolute Gasteiger partial charge is 0.455 e. The highest BCUT2D eigenvalue weighted by Gasteiger charge is 2.43. The van der Waals surface area contributed by atoms with Crippen LogP contribution in [0.5, 0.6) is 0 Å². The van der Waals surface area contributed by atoms with Crippen LogP contribution in [0.25, 0.3) is 5.41 Å². The van der Waals surface area contributed by atoms with Gasteiger partial charge in [-0.1, -0.05) is 0 Å². The van der Waals surface area contributed by atoms with Crippen LogP contribution < -0.4 is 0 Å². The number of rotatable bonds is 3. The molecule has 0 aliphatic rings. The van der Waals surface area contributed by atoms with Crippen molar-refractivity contribution in [2.45, 2.75) is 13.1 Å². The first-order valence-corrected chi connectivity index (χ1v) is 3.40. The van der Waals surface area contributed by atoms with Gasteiger partial charge in [-0.15, -0.1) is 0 Å². The predicted molar refractivity (Wildman–Crippen MR) is 39.6 cm³/mol. The molecule has 0 aromatic heterocycles. The van der Waals surface area contributed by atoms with Crippen LogP contribution >= 0.6 is 0 Å². The molecule has 14 heavy (non-hydrogen) atoms. The van der Waals surface area contributed by atoms with E-state index in [-0.39, 0.29) is 6.61 Å². The summed E-state index contributed by atoms with van der Waals surface area (Å²) in [6.45, 7) is 1.13. The van der Waals surface area contributed by atoms with Crippen molar-refractivity contribution in [2.24, 2.45) is 0 Å². The van der Waals surface area contributed by atoms with Gasteiger partial charge in [-0.3, -0.25) is 10.7 Å². The molecule has 0 spiro atoms. The molecule has 0 fully saturated rings. The number of carbonyl (C=O) groups excluding carboxylic acids is 2. The summed E-state index contributed by atoms with van der Waals surface area (Å²) in [5.41, 5.74) is -1.56. The molecule has 0 N–H and O–H groups in total. The van der Waals surface area contributed by atoms with E-state index in [0.29, 0.717) is 0 Å². The lowest BCUT2D eigenvalue weighted by molar-refractivity contribution is -0.168. The Balaban J connectivity index is 4.87. The van der Waals surface area contributed by atoms with Crippen molar-refractivity contribution in [1.82, 2.24) is 0 Å². The van der Waals surface area contributed by atoms with Gasteiger partial charge in [0, 0.05) is 0 Å². The Bertz CT molecular complexity index is 302. The minimum Gasteiger partial charge on any atom is -0.762 e. The summed E-state index contributed by atoms with van der Waals surface area (Å²) in [5.74, 6) is -3.18. The lowest BCUT2D eigenvalue weighted by Gasteiger charge is -2.07. The number of hydrogen-bond donors (Lipinski definition) is 0. The summed E-state index contributed by atoms with van der Waals surface area (Å²) in [6, 6.07) is 0. The molecular weight excluding hydrogens is 203 g/mol. The minimum atomic E-state index is -5.24. The van der Waals surface area contributed by atoms with Gasteiger partial charge in [-0.05, 0) is 6.92 Å². The van der Waals surface area contributed by atoms with Crippen molar-refractivity contribution < 1.29 is 27.5 Å². The summed E-state index contributed by atoms with van der Waals surface area (Å²) in [7, 11) is 0. The molecule has 0 aromatic carbocycles. The molecule has 0 saturated heterocycles. The number of alkyl halides is 3. The number of nitrogens with zero attached hydrogens (tertiary/aromatic N) is 1. The molecule has 0 saturated carbocycles. The summed E-state index contributed by atoms with van der Waals surface area (Å²) < 4.78 is 39.4. The third-order valence-electron chi connectivity index (χ3n) is 1.08. The van der Waals surface area contributed by atoms with Crippen LogP contribution in [0.15, 0.2) is 5.57 Å². The Hall–Kier alpha value is -1.62. The van der Waals surface area contributed by atoms with Gasteiger partial charge in [-0.25, -0.2) is 4.79 Å². The van der Waals surface area contributed by atoms with E-state index in [9.17, 15) is 22.8 Å². The first kappa shape index (κ1) is 12.4. The van der Waals surface area contributed by atoms with E-state index in [1.54, 1.807) is 0 Å². The molecule has 0 rings (SSSR count). The molecule has 0 bridgehead atoms. The second-order valence-electron chi connectivity index (χ2n) is 2.03. The van der Waals surface area contributed by atoms with E-state index >= 15 is 0 Å². The number of Topliss-reactive ketones (excluding diaryl/α,β-unsaturated/α-hetero) is 1. The lowest BCUT2D eigenvalue weighted by Crippen LogP contribution is -2.29. The van der Waals surface area contributed by atoms with Gasteiger partial charge < -0.3 is 10.1 Å². The highest BCUT2D eigenvalue weighted by molar-refractivity contribution is 6.25. The van der Waals surface area contributed by atoms with E-state index in [1.807, 2.05) is 0 Å². The van der Waals surface area contributed by atoms with Gasteiger partial charge in [0.05, 0.1) is 6.61 Å². The van der Waals surface area contributed by atoms with Crippen molar-refractivity contribution in [1.29, 1.82) is 0 Å². The van der Waals surface area contributed by atoms with Crippen LogP contribution in [0.1, 0.15) is 6.92 Å². The van der Waals surface area contributed by atoms with E-state index < -0.39 is 23.5 Å². The predicted octanol–water partition coefficient (Wildman–Crippen LogP) is 0.846. The number of esters is 1. The van der Waals surface area contributed by atoms with Gasteiger partial charge in [0.1, 0.15) is 5.57 Å². The zero-order chi connectivity index (χ0) is 11.4. The van der Waals surface area contributed by atoms with Crippen LogP contribution in [0, 0.1) is 0 Å². The highest BCUT2D eigenvalue weighted by Crippen LogP contribution is 2.20. The Kier molecular flexibility index (Phi) is 4.04. The van der Waals surface area contributed by atoms with Crippen molar-refractivity contribution >= 4 is 17.6 Å². The van der Waals surface area contributed by atoms with Crippen molar-refractivity contribution in [3.05, 3.63) is 11.0 Å². The van der Waals surface area contributed by atoms with E-state index in [4.69, 9.17) is 5.41 Å². The van der Waals surface area contributed by atoms with Crippen molar-refractivity contribution in [3.63, 3.8) is 0 Å². The van der Waals surface area contributed by atoms with Gasteiger partial charge in [-0.2, -0.15) is 13.2 Å². The summed E-state index contributed by atoms with van der Waals surface area (Å²) in [6.07, 6.45) is -5.24. The van der Waals surface area contributed by atoms with Crippen LogP contribution in [0.4, 0.5) is 13.2 Å². The van der Waals surface area contributed by atoms with Gasteiger partial charge >= 0.3 is 12.1 Å². The van der Waals surface area contributed by atoms with E-state index in [2.05, 4.69) is 4.74 Å². The van der Waals surface area contributed by atoms with Gasteiger partial charge in [0.15, 0.2) is 0 Å². The van der Waals surface area contributed by atoms with Crippen LogP contribution in [-0.2, 0) is 14.3 Å². The van der Waals surface area contributed by atoms with Crippen LogP contribution in [-0.4, -0.2) is 30.4 Å². The lowest BCUT2D eigenvalue weighted by atomic mass is 10.2. The zero-order valence-corrected chi connectivity index (χ0v) is 7.01. The average Bonchev–Trinajstić information content (AvgIpc) is 2.04. The molecular formula is C7H5F3NO3-. The van der Waals surface area contributed by atoms with E-state index in [1.165, 1.54) is 6.92 Å². The third kappa shape index (κ3) is 3.02. The fourth-order valence-electron chi connectivity index (χ4n) is 0.534. The molecule has 0 aliphatic heterocycles. The molecule has 0 aliphatic carbocycles. The molecule has 0 atom stereocenters. The number of hydrogen-bond acceptors (Lipinski definition) is 3. The second kappa shape index (κ2) is 4.57. The molecule has 7 heteroatoms. The maximum atomic E-state index is 11.8. The van der Waals surface area contributed by atoms with Gasteiger partial charge in [0.2, 0.25) is 0 Å². The Morgan fingerprint density at radius 3 is 2.21 bits per heavy atom. The molecule has 78 valence electrons. The highest BCUT2D eigenvalue weighted by atomic mass is 19.4. The van der Waals surface area contributed by atoms with Gasteiger partial charge in [0.25, 0.3) is 5.78 Å². The molecule has 0 radical (unpaired) electrons. The molecule has 0 unspecified atom stereocenters. The molecule has 0 amide bonds. The fraction of sp³-hybridized carbons (Fsp3) is 0.429. The summed E-state index contributed by atoms with van der Waals surface area (Å²) >= 11 is 0. The number of carbonyl (C=O) groups is 2. The number of ketones is 1.